The van der Waals surface area contributed by atoms with E-state index in [0.717, 1.165) is 59.5 Å². The van der Waals surface area contributed by atoms with Gasteiger partial charge in [0, 0.05) is 37.4 Å². The molecule has 10 heteroatoms. The normalized spacial score (nSPS) is 22.5. The molecule has 0 radical (unpaired) electrons. The number of piperidine rings is 2. The fourth-order valence-corrected chi connectivity index (χ4v) is 7.57. The highest BCUT2D eigenvalue weighted by molar-refractivity contribution is 7.22. The molecule has 0 spiro atoms. The Bertz CT molecular complexity index is 1520. The molecule has 1 amide bonds. The number of fused-ring (bicyclic) bond motifs is 1. The number of thiazole rings is 1. The van der Waals surface area contributed by atoms with Crippen LogP contribution in [0.1, 0.15) is 46.1 Å². The molecule has 0 saturated carbocycles. The molecular formula is C33H42N8OS. The molecule has 2 saturated heterocycles. The maximum atomic E-state index is 12.6. The Morgan fingerprint density at radius 3 is 1.98 bits per heavy atom. The first-order chi connectivity index (χ1) is 20.7. The number of amides is 1. The van der Waals surface area contributed by atoms with Gasteiger partial charge in [-0.05, 0) is 85.4 Å². The lowest BCUT2D eigenvalue weighted by molar-refractivity contribution is -0.114. The summed E-state index contributed by atoms with van der Waals surface area (Å²) in [6.45, 7) is 15.3. The molecule has 4 unspecified atom stereocenters. The average molecular weight is 599 g/mol. The lowest BCUT2D eigenvalue weighted by Crippen LogP contribution is -2.42. The van der Waals surface area contributed by atoms with Crippen LogP contribution in [0.25, 0.3) is 21.6 Å². The van der Waals surface area contributed by atoms with E-state index in [4.69, 9.17) is 15.0 Å². The predicted molar refractivity (Wildman–Crippen MR) is 177 cm³/mol. The van der Waals surface area contributed by atoms with Crippen LogP contribution in [-0.2, 0) is 4.79 Å². The lowest BCUT2D eigenvalue weighted by Gasteiger charge is -2.37. The number of aryl methyl sites for hydroxylation is 1. The van der Waals surface area contributed by atoms with Gasteiger partial charge in [0.05, 0.1) is 16.8 Å². The number of carbonyl (C=O) groups is 1. The molecule has 2 N–H and O–H groups in total. The molecule has 2 aromatic carbocycles. The summed E-state index contributed by atoms with van der Waals surface area (Å²) in [7, 11) is 0. The quantitative estimate of drug-likeness (QED) is 0.250. The van der Waals surface area contributed by atoms with Crippen molar-refractivity contribution >= 4 is 50.2 Å². The predicted octanol–water partition coefficient (Wildman–Crippen LogP) is 6.47. The van der Waals surface area contributed by atoms with Crippen LogP contribution in [0.15, 0.2) is 42.5 Å². The van der Waals surface area contributed by atoms with Crippen molar-refractivity contribution in [3.8, 4) is 11.4 Å². The van der Waals surface area contributed by atoms with Crippen molar-refractivity contribution < 1.29 is 4.79 Å². The maximum absolute atomic E-state index is 12.6. The summed E-state index contributed by atoms with van der Waals surface area (Å²) < 4.78 is 1.07. The second-order valence-electron chi connectivity index (χ2n) is 12.9. The summed E-state index contributed by atoms with van der Waals surface area (Å²) in [5.74, 6) is 4.50. The third-order valence-electron chi connectivity index (χ3n) is 8.30. The van der Waals surface area contributed by atoms with Gasteiger partial charge < -0.3 is 20.4 Å². The van der Waals surface area contributed by atoms with Crippen molar-refractivity contribution in [2.24, 2.45) is 23.7 Å². The summed E-state index contributed by atoms with van der Waals surface area (Å²) in [6.07, 6.45) is 2.46. The molecule has 2 aromatic heterocycles. The van der Waals surface area contributed by atoms with Gasteiger partial charge in [-0.2, -0.15) is 15.0 Å². The van der Waals surface area contributed by atoms with Crippen LogP contribution in [-0.4, -0.2) is 58.6 Å². The van der Waals surface area contributed by atoms with Gasteiger partial charge >= 0.3 is 0 Å². The van der Waals surface area contributed by atoms with E-state index < -0.39 is 0 Å². The van der Waals surface area contributed by atoms with Crippen molar-refractivity contribution in [3.05, 3.63) is 48.0 Å². The highest BCUT2D eigenvalue weighted by atomic mass is 32.1. The van der Waals surface area contributed by atoms with E-state index in [1.54, 1.807) is 0 Å². The molecule has 2 aliphatic heterocycles. The van der Waals surface area contributed by atoms with Crippen LogP contribution in [0, 0.1) is 30.6 Å². The van der Waals surface area contributed by atoms with Crippen LogP contribution in [0.3, 0.4) is 0 Å². The van der Waals surface area contributed by atoms with Gasteiger partial charge in [0.15, 0.2) is 11.0 Å². The second kappa shape index (κ2) is 12.4. The second-order valence-corrected chi connectivity index (χ2v) is 14.0. The SMILES string of the molecule is Cc1ccc2nc(NC(=O)CNc3ccc(-c4nc(N5CC(C)CC(C)C5)nc(N5CC(C)CC(C)C5)n4)cc3)sc2c1. The molecular weight excluding hydrogens is 556 g/mol. The third-order valence-corrected chi connectivity index (χ3v) is 9.24. The van der Waals surface area contributed by atoms with Gasteiger partial charge in [0.2, 0.25) is 17.8 Å². The van der Waals surface area contributed by atoms with E-state index in [1.165, 1.54) is 29.7 Å². The zero-order valence-corrected chi connectivity index (χ0v) is 26.6. The van der Waals surface area contributed by atoms with E-state index in [-0.39, 0.29) is 12.5 Å². The topological polar surface area (TPSA) is 99.2 Å². The smallest absolute Gasteiger partial charge is 0.245 e. The molecule has 0 bridgehead atoms. The van der Waals surface area contributed by atoms with Crippen LogP contribution < -0.4 is 20.4 Å². The van der Waals surface area contributed by atoms with Crippen LogP contribution >= 0.6 is 11.3 Å². The number of hydrogen-bond donors (Lipinski definition) is 2. The number of hydrogen-bond acceptors (Lipinski definition) is 9. The van der Waals surface area contributed by atoms with E-state index in [0.29, 0.717) is 34.6 Å². The molecule has 2 aliphatic rings. The van der Waals surface area contributed by atoms with E-state index in [2.05, 4.69) is 66.1 Å². The third kappa shape index (κ3) is 7.06. The molecule has 43 heavy (non-hydrogen) atoms. The summed E-state index contributed by atoms with van der Waals surface area (Å²) in [5, 5.41) is 6.75. The summed E-state index contributed by atoms with van der Waals surface area (Å²) in [4.78, 5) is 36.9. The summed E-state index contributed by atoms with van der Waals surface area (Å²) >= 11 is 1.49. The Balaban J connectivity index is 1.17. The van der Waals surface area contributed by atoms with Gasteiger partial charge in [-0.1, -0.05) is 45.1 Å². The average Bonchev–Trinajstić information content (AvgIpc) is 3.36. The number of benzene rings is 2. The van der Waals surface area contributed by atoms with Crippen LogP contribution in [0.5, 0.6) is 0 Å². The van der Waals surface area contributed by atoms with Crippen molar-refractivity contribution in [2.75, 3.05) is 53.2 Å². The fraction of sp³-hybridized carbons (Fsp3) is 0.485. The van der Waals surface area contributed by atoms with Gasteiger partial charge in [-0.3, -0.25) is 4.79 Å². The first-order valence-electron chi connectivity index (χ1n) is 15.5. The molecule has 2 fully saturated rings. The van der Waals surface area contributed by atoms with E-state index >= 15 is 0 Å². The van der Waals surface area contributed by atoms with Crippen molar-refractivity contribution in [1.29, 1.82) is 0 Å². The van der Waals surface area contributed by atoms with Crippen LogP contribution in [0.4, 0.5) is 22.7 Å². The molecule has 0 aliphatic carbocycles. The number of aromatic nitrogens is 4. The minimum absolute atomic E-state index is 0.137. The Kier molecular flexibility index (Phi) is 8.47. The summed E-state index contributed by atoms with van der Waals surface area (Å²) in [5.41, 5.74) is 3.86. The number of rotatable bonds is 7. The highest BCUT2D eigenvalue weighted by Gasteiger charge is 2.28. The Labute approximate surface area is 258 Å². The van der Waals surface area contributed by atoms with Gasteiger partial charge in [0.25, 0.3) is 0 Å². The van der Waals surface area contributed by atoms with Crippen molar-refractivity contribution in [1.82, 2.24) is 19.9 Å². The molecule has 6 rings (SSSR count). The Hall–Kier alpha value is -3.79. The Morgan fingerprint density at radius 1 is 0.814 bits per heavy atom. The van der Waals surface area contributed by atoms with Crippen molar-refractivity contribution in [2.45, 2.75) is 47.5 Å². The zero-order valence-electron chi connectivity index (χ0n) is 25.8. The van der Waals surface area contributed by atoms with Crippen molar-refractivity contribution in [3.63, 3.8) is 0 Å². The van der Waals surface area contributed by atoms with Gasteiger partial charge in [0.1, 0.15) is 0 Å². The Morgan fingerprint density at radius 2 is 1.40 bits per heavy atom. The lowest BCUT2D eigenvalue weighted by atomic mass is 9.92. The summed E-state index contributed by atoms with van der Waals surface area (Å²) in [6, 6.07) is 14.1. The molecule has 4 heterocycles. The van der Waals surface area contributed by atoms with Gasteiger partial charge in [-0.25, -0.2) is 4.98 Å². The largest absolute Gasteiger partial charge is 0.376 e. The molecule has 4 atom stereocenters. The highest BCUT2D eigenvalue weighted by Crippen LogP contribution is 2.30. The molecule has 226 valence electrons. The monoisotopic (exact) mass is 598 g/mol. The van der Waals surface area contributed by atoms with E-state index in [1.807, 2.05) is 36.4 Å². The van der Waals surface area contributed by atoms with E-state index in [9.17, 15) is 4.79 Å². The molecule has 4 aromatic rings. The van der Waals surface area contributed by atoms with Gasteiger partial charge in [-0.15, -0.1) is 0 Å². The first-order valence-corrected chi connectivity index (χ1v) is 16.3. The number of carbonyl (C=O) groups excluding carboxylic acids is 1. The fourth-order valence-electron chi connectivity index (χ4n) is 6.59. The standard InChI is InChI=1S/C33H42N8OS/c1-20-6-11-27-28(14-20)43-33(35-27)36-29(42)15-34-26-9-7-25(8-10-26)30-37-31(40-16-21(2)12-22(3)17-40)39-32(38-30)41-18-23(4)13-24(5)19-41/h6-11,14,21-24,34H,12-13,15-19H2,1-5H3,(H,35,36,42). The minimum Gasteiger partial charge on any atom is -0.376 e. The van der Waals surface area contributed by atoms with Crippen LogP contribution in [0.2, 0.25) is 0 Å². The number of anilines is 4. The zero-order chi connectivity index (χ0) is 30.1. The minimum atomic E-state index is -0.137. The number of nitrogens with zero attached hydrogens (tertiary/aromatic N) is 6. The number of nitrogens with one attached hydrogen (secondary N) is 2. The molecule has 9 nitrogen and oxygen atoms in total. The maximum Gasteiger partial charge on any atom is 0.245 e. The first kappa shape index (κ1) is 29.3.